The lowest BCUT2D eigenvalue weighted by Crippen LogP contribution is -2.35. The van der Waals surface area contributed by atoms with E-state index in [1.807, 2.05) is 0 Å². The minimum absolute atomic E-state index is 0.569. The molecular weight excluding hydrogens is 232 g/mol. The molecule has 0 N–H and O–H groups in total. The first-order valence-electron chi connectivity index (χ1n) is 7.50. The van der Waals surface area contributed by atoms with Gasteiger partial charge >= 0.3 is 0 Å². The Morgan fingerprint density at radius 3 is 2.53 bits per heavy atom. The molecule has 0 aromatic heterocycles. The van der Waals surface area contributed by atoms with Gasteiger partial charge in [-0.15, -0.1) is 0 Å². The molecule has 0 fully saturated rings. The van der Waals surface area contributed by atoms with Gasteiger partial charge < -0.3 is 9.80 Å². The van der Waals surface area contributed by atoms with Crippen molar-refractivity contribution < 1.29 is 0 Å². The molecule has 2 nitrogen and oxygen atoms in total. The summed E-state index contributed by atoms with van der Waals surface area (Å²) in [6.45, 7) is 9.28. The Morgan fingerprint density at radius 1 is 1.11 bits per heavy atom. The molecule has 2 heterocycles. The van der Waals surface area contributed by atoms with Crippen LogP contribution in [0.15, 0.2) is 34.6 Å². The third-order valence-electron chi connectivity index (χ3n) is 5.21. The fraction of sp³-hybridized carbons (Fsp3) is 0.647. The van der Waals surface area contributed by atoms with Gasteiger partial charge in [0.05, 0.1) is 6.04 Å². The highest BCUT2D eigenvalue weighted by Crippen LogP contribution is 2.44. The first kappa shape index (κ1) is 13.0. The van der Waals surface area contributed by atoms with Crippen molar-refractivity contribution in [2.45, 2.75) is 33.2 Å². The Balaban J connectivity index is 2.01. The molecule has 0 radical (unpaired) electrons. The third kappa shape index (κ3) is 1.97. The van der Waals surface area contributed by atoms with Gasteiger partial charge in [-0.05, 0) is 32.9 Å². The maximum atomic E-state index is 2.55. The van der Waals surface area contributed by atoms with Gasteiger partial charge in [-0.3, -0.25) is 0 Å². The van der Waals surface area contributed by atoms with E-state index in [0.29, 0.717) is 17.9 Å². The molecule has 0 spiro atoms. The molecule has 104 valence electrons. The summed E-state index contributed by atoms with van der Waals surface area (Å²) >= 11 is 0. The van der Waals surface area contributed by atoms with Crippen LogP contribution in [-0.4, -0.2) is 43.0 Å². The van der Waals surface area contributed by atoms with Crippen molar-refractivity contribution in [2.24, 2.45) is 11.8 Å². The van der Waals surface area contributed by atoms with Crippen LogP contribution in [-0.2, 0) is 0 Å². The summed E-state index contributed by atoms with van der Waals surface area (Å²) < 4.78 is 0. The fourth-order valence-corrected chi connectivity index (χ4v) is 4.12. The number of hydrogen-bond donors (Lipinski definition) is 0. The Kier molecular flexibility index (Phi) is 3.09. The van der Waals surface area contributed by atoms with Crippen LogP contribution in [0.5, 0.6) is 0 Å². The molecule has 0 bridgehead atoms. The van der Waals surface area contributed by atoms with Crippen molar-refractivity contribution in [3.63, 3.8) is 0 Å². The van der Waals surface area contributed by atoms with E-state index in [1.165, 1.54) is 30.7 Å². The Hall–Kier alpha value is -1.02. The highest BCUT2D eigenvalue weighted by molar-refractivity contribution is 5.43. The topological polar surface area (TPSA) is 6.48 Å². The summed E-state index contributed by atoms with van der Waals surface area (Å²) in [6.07, 6.45) is 6.22. The lowest BCUT2D eigenvalue weighted by molar-refractivity contribution is 0.264. The molecule has 2 aliphatic heterocycles. The van der Waals surface area contributed by atoms with Gasteiger partial charge in [-0.25, -0.2) is 0 Å². The van der Waals surface area contributed by atoms with Gasteiger partial charge in [0.15, 0.2) is 0 Å². The second kappa shape index (κ2) is 4.52. The average molecular weight is 258 g/mol. The molecule has 0 saturated heterocycles. The molecule has 0 aromatic rings. The monoisotopic (exact) mass is 258 g/mol. The maximum absolute atomic E-state index is 2.55. The molecule has 0 saturated carbocycles. The van der Waals surface area contributed by atoms with E-state index in [4.69, 9.17) is 0 Å². The van der Waals surface area contributed by atoms with E-state index in [2.05, 4.69) is 56.8 Å². The summed E-state index contributed by atoms with van der Waals surface area (Å²) in [5.74, 6) is 1.28. The van der Waals surface area contributed by atoms with Gasteiger partial charge in [0.1, 0.15) is 0 Å². The molecule has 3 unspecified atom stereocenters. The van der Waals surface area contributed by atoms with Gasteiger partial charge in [0, 0.05) is 37.7 Å². The highest BCUT2D eigenvalue weighted by atomic mass is 15.2. The summed E-state index contributed by atoms with van der Waals surface area (Å²) in [7, 11) is 4.54. The molecule has 0 amide bonds. The molecule has 3 aliphatic rings. The summed E-state index contributed by atoms with van der Waals surface area (Å²) in [5.41, 5.74) is 6.24. The predicted molar refractivity (Wildman–Crippen MR) is 80.9 cm³/mol. The van der Waals surface area contributed by atoms with E-state index in [0.717, 1.165) is 0 Å². The minimum atomic E-state index is 0.569. The standard InChI is InChI=1S/C17H26N2/c1-11-8-15-14-6-7-18(4)10-13(3)17(14)19(5)16(15)9-12(11)2/h8-9,13,15-16H,6-7,10H2,1-5H3. The van der Waals surface area contributed by atoms with Crippen molar-refractivity contribution in [3.05, 3.63) is 34.6 Å². The van der Waals surface area contributed by atoms with E-state index in [9.17, 15) is 0 Å². The van der Waals surface area contributed by atoms with Gasteiger partial charge in [0.25, 0.3) is 0 Å². The van der Waals surface area contributed by atoms with Crippen molar-refractivity contribution in [3.8, 4) is 0 Å². The highest BCUT2D eigenvalue weighted by Gasteiger charge is 2.40. The van der Waals surface area contributed by atoms with E-state index in [1.54, 1.807) is 11.3 Å². The second-order valence-electron chi connectivity index (χ2n) is 6.65. The third-order valence-corrected chi connectivity index (χ3v) is 5.21. The average Bonchev–Trinajstić information content (AvgIpc) is 2.50. The first-order chi connectivity index (χ1) is 8.99. The number of nitrogens with zero attached hydrogens (tertiary/aromatic N) is 2. The predicted octanol–water partition coefficient (Wildman–Crippen LogP) is 3.05. The molecule has 3 atom stereocenters. The number of rotatable bonds is 0. The quantitative estimate of drug-likeness (QED) is 0.659. The Labute approximate surface area is 117 Å². The van der Waals surface area contributed by atoms with Crippen LogP contribution < -0.4 is 0 Å². The lowest BCUT2D eigenvalue weighted by Gasteiger charge is -2.32. The van der Waals surface area contributed by atoms with Crippen molar-refractivity contribution in [1.29, 1.82) is 0 Å². The summed E-state index contributed by atoms with van der Waals surface area (Å²) in [6, 6.07) is 0.569. The summed E-state index contributed by atoms with van der Waals surface area (Å²) in [5, 5.41) is 0. The fourth-order valence-electron chi connectivity index (χ4n) is 4.12. The zero-order valence-corrected chi connectivity index (χ0v) is 12.9. The van der Waals surface area contributed by atoms with Crippen LogP contribution in [0.1, 0.15) is 27.2 Å². The molecule has 0 aromatic carbocycles. The van der Waals surface area contributed by atoms with Crippen molar-refractivity contribution in [2.75, 3.05) is 27.2 Å². The normalized spacial score (nSPS) is 35.6. The SMILES string of the molecule is CC1=CC2C3=C(C(C)CN(C)CC3)N(C)C2C=C1C. The smallest absolute Gasteiger partial charge is 0.0573 e. The van der Waals surface area contributed by atoms with Crippen LogP contribution in [0.2, 0.25) is 0 Å². The van der Waals surface area contributed by atoms with E-state index >= 15 is 0 Å². The zero-order valence-electron chi connectivity index (χ0n) is 12.9. The van der Waals surface area contributed by atoms with Crippen LogP contribution in [0.3, 0.4) is 0 Å². The van der Waals surface area contributed by atoms with Crippen LogP contribution in [0.25, 0.3) is 0 Å². The maximum Gasteiger partial charge on any atom is 0.0573 e. The van der Waals surface area contributed by atoms with Gasteiger partial charge in [-0.2, -0.15) is 0 Å². The minimum Gasteiger partial charge on any atom is -0.370 e. The van der Waals surface area contributed by atoms with Gasteiger partial charge in [0.2, 0.25) is 0 Å². The van der Waals surface area contributed by atoms with Crippen LogP contribution in [0.4, 0.5) is 0 Å². The second-order valence-corrected chi connectivity index (χ2v) is 6.65. The molecule has 2 heteroatoms. The van der Waals surface area contributed by atoms with Crippen LogP contribution >= 0.6 is 0 Å². The Morgan fingerprint density at radius 2 is 1.79 bits per heavy atom. The molecule has 1 aliphatic carbocycles. The number of fused-ring (bicyclic) bond motifs is 2. The first-order valence-corrected chi connectivity index (χ1v) is 7.50. The van der Waals surface area contributed by atoms with Crippen molar-refractivity contribution in [1.82, 2.24) is 9.80 Å². The lowest BCUT2D eigenvalue weighted by atomic mass is 9.83. The molecular formula is C17H26N2. The number of allylic oxidation sites excluding steroid dienone is 2. The molecule has 3 rings (SSSR count). The number of hydrogen-bond acceptors (Lipinski definition) is 2. The molecule has 19 heavy (non-hydrogen) atoms. The Bertz CT molecular complexity index is 483. The van der Waals surface area contributed by atoms with E-state index in [-0.39, 0.29) is 0 Å². The van der Waals surface area contributed by atoms with Crippen LogP contribution in [0, 0.1) is 11.8 Å². The van der Waals surface area contributed by atoms with E-state index < -0.39 is 0 Å². The van der Waals surface area contributed by atoms with Crippen molar-refractivity contribution >= 4 is 0 Å². The van der Waals surface area contributed by atoms with Gasteiger partial charge in [-0.1, -0.05) is 30.2 Å². The summed E-state index contributed by atoms with van der Waals surface area (Å²) in [4.78, 5) is 5.03. The largest absolute Gasteiger partial charge is 0.370 e. The number of likely N-dealkylation sites (N-methyl/N-ethyl adjacent to an activating group) is 1. The zero-order chi connectivity index (χ0) is 13.7.